The van der Waals surface area contributed by atoms with Gasteiger partial charge in [0.1, 0.15) is 5.82 Å². The minimum Gasteiger partial charge on any atom is -0.323 e. The Morgan fingerprint density at radius 1 is 1.50 bits per heavy atom. The summed E-state index contributed by atoms with van der Waals surface area (Å²) in [4.78, 5) is 1.07. The first-order valence-corrected chi connectivity index (χ1v) is 7.42. The van der Waals surface area contributed by atoms with E-state index in [0.29, 0.717) is 6.42 Å². The SMILES string of the molecule is Cc1cc(C(N)Cc2cccc(F)c2Cl)sc1Br. The van der Waals surface area contributed by atoms with Crippen LogP contribution in [0.5, 0.6) is 0 Å². The smallest absolute Gasteiger partial charge is 0.142 e. The molecule has 2 N–H and O–H groups in total. The average Bonchev–Trinajstić information content (AvgIpc) is 2.66. The minimum absolute atomic E-state index is 0.167. The van der Waals surface area contributed by atoms with Gasteiger partial charge in [0.25, 0.3) is 0 Å². The first-order valence-electron chi connectivity index (χ1n) is 5.43. The van der Waals surface area contributed by atoms with Crippen LogP contribution in [0, 0.1) is 12.7 Å². The maximum Gasteiger partial charge on any atom is 0.142 e. The number of rotatable bonds is 3. The van der Waals surface area contributed by atoms with Gasteiger partial charge in [0.05, 0.1) is 8.81 Å². The number of benzene rings is 1. The van der Waals surface area contributed by atoms with Gasteiger partial charge >= 0.3 is 0 Å². The first kappa shape index (κ1) is 14.0. The number of aryl methyl sites for hydroxylation is 1. The summed E-state index contributed by atoms with van der Waals surface area (Å²) in [7, 11) is 0. The van der Waals surface area contributed by atoms with Crippen LogP contribution in [0.25, 0.3) is 0 Å². The zero-order chi connectivity index (χ0) is 13.3. The van der Waals surface area contributed by atoms with Gasteiger partial charge in [-0.3, -0.25) is 0 Å². The standard InChI is InChI=1S/C13H12BrClFNS/c1-7-5-11(18-13(7)14)10(17)6-8-3-2-4-9(16)12(8)15/h2-5,10H,6,17H2,1H3. The Kier molecular flexibility index (Phi) is 4.43. The van der Waals surface area contributed by atoms with Gasteiger partial charge in [-0.25, -0.2) is 4.39 Å². The lowest BCUT2D eigenvalue weighted by atomic mass is 10.0. The molecule has 0 aliphatic heterocycles. The molecule has 0 fully saturated rings. The zero-order valence-corrected chi connectivity index (χ0v) is 12.9. The van der Waals surface area contributed by atoms with Crippen LogP contribution in [0.15, 0.2) is 28.1 Å². The second kappa shape index (κ2) is 5.70. The minimum atomic E-state index is -0.398. The van der Waals surface area contributed by atoms with Crippen molar-refractivity contribution in [3.05, 3.63) is 54.9 Å². The van der Waals surface area contributed by atoms with Crippen molar-refractivity contribution in [3.8, 4) is 0 Å². The monoisotopic (exact) mass is 347 g/mol. The van der Waals surface area contributed by atoms with Crippen molar-refractivity contribution in [1.29, 1.82) is 0 Å². The Labute approximate surface area is 123 Å². The topological polar surface area (TPSA) is 26.0 Å². The molecule has 2 rings (SSSR count). The van der Waals surface area contributed by atoms with Gasteiger partial charge in [0.2, 0.25) is 0 Å². The van der Waals surface area contributed by atoms with Crippen LogP contribution in [0.3, 0.4) is 0 Å². The first-order chi connectivity index (χ1) is 8.49. The lowest BCUT2D eigenvalue weighted by molar-refractivity contribution is 0.623. The normalized spacial score (nSPS) is 12.7. The molecule has 1 nitrogen and oxygen atoms in total. The predicted octanol–water partition coefficient (Wildman–Crippen LogP) is 4.85. The lowest BCUT2D eigenvalue weighted by Gasteiger charge is -2.11. The molecule has 1 aromatic carbocycles. The van der Waals surface area contributed by atoms with Crippen molar-refractivity contribution in [1.82, 2.24) is 0 Å². The van der Waals surface area contributed by atoms with Crippen LogP contribution in [0.4, 0.5) is 4.39 Å². The van der Waals surface area contributed by atoms with Crippen LogP contribution >= 0.6 is 38.9 Å². The molecule has 0 amide bonds. The Morgan fingerprint density at radius 3 is 2.83 bits per heavy atom. The summed E-state index contributed by atoms with van der Waals surface area (Å²) < 4.78 is 14.4. The number of thiophene rings is 1. The molecule has 0 saturated heterocycles. The summed E-state index contributed by atoms with van der Waals surface area (Å²) in [5.74, 6) is -0.398. The molecule has 0 aliphatic rings. The number of hydrogen-bond donors (Lipinski definition) is 1. The molecule has 0 aliphatic carbocycles. The van der Waals surface area contributed by atoms with E-state index in [0.717, 1.165) is 19.8 Å². The van der Waals surface area contributed by atoms with E-state index in [1.54, 1.807) is 23.5 Å². The van der Waals surface area contributed by atoms with E-state index in [-0.39, 0.29) is 11.1 Å². The van der Waals surface area contributed by atoms with Crippen molar-refractivity contribution in [3.63, 3.8) is 0 Å². The summed E-state index contributed by atoms with van der Waals surface area (Å²) in [6.45, 7) is 2.02. The quantitative estimate of drug-likeness (QED) is 0.842. The van der Waals surface area contributed by atoms with Crippen LogP contribution in [0.1, 0.15) is 22.0 Å². The molecule has 1 aromatic heterocycles. The lowest BCUT2D eigenvalue weighted by Crippen LogP contribution is -2.12. The Balaban J connectivity index is 2.21. The van der Waals surface area contributed by atoms with E-state index in [9.17, 15) is 4.39 Å². The fourth-order valence-corrected chi connectivity index (χ4v) is 3.49. The summed E-state index contributed by atoms with van der Waals surface area (Å²) in [6, 6.07) is 6.69. The largest absolute Gasteiger partial charge is 0.323 e. The highest BCUT2D eigenvalue weighted by Gasteiger charge is 2.14. The molecule has 1 heterocycles. The van der Waals surface area contributed by atoms with Gasteiger partial charge in [0.15, 0.2) is 0 Å². The van der Waals surface area contributed by atoms with Crippen molar-refractivity contribution >= 4 is 38.9 Å². The highest BCUT2D eigenvalue weighted by Crippen LogP contribution is 2.33. The van der Waals surface area contributed by atoms with E-state index in [4.69, 9.17) is 17.3 Å². The molecular formula is C13H12BrClFNS. The van der Waals surface area contributed by atoms with E-state index >= 15 is 0 Å². The summed E-state index contributed by atoms with van der Waals surface area (Å²) in [5, 5.41) is 0.167. The molecule has 0 bridgehead atoms. The van der Waals surface area contributed by atoms with Gasteiger partial charge in [-0.2, -0.15) is 0 Å². The zero-order valence-electron chi connectivity index (χ0n) is 9.71. The summed E-state index contributed by atoms with van der Waals surface area (Å²) in [6.07, 6.45) is 0.531. The van der Waals surface area contributed by atoms with Gasteiger partial charge in [-0.1, -0.05) is 23.7 Å². The van der Waals surface area contributed by atoms with Crippen molar-refractivity contribution in [2.24, 2.45) is 5.73 Å². The number of halogens is 3. The molecule has 0 saturated carbocycles. The fourth-order valence-electron chi connectivity index (χ4n) is 1.71. The molecule has 96 valence electrons. The van der Waals surface area contributed by atoms with Gasteiger partial charge < -0.3 is 5.73 Å². The van der Waals surface area contributed by atoms with E-state index in [2.05, 4.69) is 15.9 Å². The molecule has 5 heteroatoms. The third-order valence-electron chi connectivity index (χ3n) is 2.71. The van der Waals surface area contributed by atoms with Crippen LogP contribution in [-0.4, -0.2) is 0 Å². The van der Waals surface area contributed by atoms with E-state index in [1.807, 2.05) is 13.0 Å². The predicted molar refractivity (Wildman–Crippen MR) is 78.8 cm³/mol. The molecule has 1 atom stereocenters. The second-order valence-corrected chi connectivity index (χ2v) is 6.91. The molecular weight excluding hydrogens is 337 g/mol. The van der Waals surface area contributed by atoms with Crippen LogP contribution < -0.4 is 5.73 Å². The van der Waals surface area contributed by atoms with Crippen molar-refractivity contribution in [2.45, 2.75) is 19.4 Å². The Bertz CT molecular complexity index is 551. The van der Waals surface area contributed by atoms with Crippen molar-refractivity contribution < 1.29 is 4.39 Å². The van der Waals surface area contributed by atoms with Gasteiger partial charge in [-0.15, -0.1) is 11.3 Å². The van der Waals surface area contributed by atoms with E-state index in [1.165, 1.54) is 6.07 Å². The van der Waals surface area contributed by atoms with E-state index < -0.39 is 5.82 Å². The summed E-state index contributed by atoms with van der Waals surface area (Å²) >= 11 is 11.0. The molecule has 18 heavy (non-hydrogen) atoms. The van der Waals surface area contributed by atoms with Gasteiger partial charge in [0, 0.05) is 10.9 Å². The Hall–Kier alpha value is -0.420. The highest BCUT2D eigenvalue weighted by atomic mass is 79.9. The van der Waals surface area contributed by atoms with Gasteiger partial charge in [-0.05, 0) is 52.5 Å². The number of hydrogen-bond acceptors (Lipinski definition) is 2. The maximum absolute atomic E-state index is 13.3. The third-order valence-corrected chi connectivity index (χ3v) is 5.40. The summed E-state index contributed by atoms with van der Waals surface area (Å²) in [5.41, 5.74) is 8.04. The molecule has 0 spiro atoms. The molecule has 0 radical (unpaired) electrons. The van der Waals surface area contributed by atoms with Crippen LogP contribution in [-0.2, 0) is 6.42 Å². The fraction of sp³-hybridized carbons (Fsp3) is 0.231. The molecule has 1 unspecified atom stereocenters. The maximum atomic E-state index is 13.3. The third kappa shape index (κ3) is 2.94. The Morgan fingerprint density at radius 2 is 2.22 bits per heavy atom. The van der Waals surface area contributed by atoms with Crippen molar-refractivity contribution in [2.75, 3.05) is 0 Å². The second-order valence-electron chi connectivity index (χ2n) is 4.13. The average molecular weight is 349 g/mol. The van der Waals surface area contributed by atoms with Crippen LogP contribution in [0.2, 0.25) is 5.02 Å². The highest BCUT2D eigenvalue weighted by molar-refractivity contribution is 9.11. The molecule has 2 aromatic rings. The number of nitrogens with two attached hydrogens (primary N) is 1.